The minimum atomic E-state index is 0. The molecule has 26 heavy (non-hydrogen) atoms. The first kappa shape index (κ1) is 18.5. The molecule has 1 aliphatic rings. The van der Waals surface area contributed by atoms with E-state index in [-0.39, 0.29) is 18.5 Å². The van der Waals surface area contributed by atoms with E-state index in [9.17, 15) is 0 Å². The molecule has 0 bridgehead atoms. The van der Waals surface area contributed by atoms with Gasteiger partial charge in [-0.3, -0.25) is 4.98 Å². The average molecular weight is 372 g/mol. The van der Waals surface area contributed by atoms with Crippen LogP contribution in [0.5, 0.6) is 0 Å². The van der Waals surface area contributed by atoms with Crippen LogP contribution in [0.2, 0.25) is 0 Å². The molecule has 1 fully saturated rings. The van der Waals surface area contributed by atoms with Crippen LogP contribution in [-0.4, -0.2) is 47.3 Å². The first-order valence-electron chi connectivity index (χ1n) is 8.54. The Balaban J connectivity index is 0.00000196. The highest BCUT2D eigenvalue weighted by Gasteiger charge is 2.15. The zero-order valence-corrected chi connectivity index (χ0v) is 15.4. The third kappa shape index (κ3) is 4.09. The summed E-state index contributed by atoms with van der Waals surface area (Å²) in [5, 5.41) is 6.74. The zero-order chi connectivity index (χ0) is 17.1. The van der Waals surface area contributed by atoms with Crippen molar-refractivity contribution in [2.24, 2.45) is 0 Å². The molecule has 6 nitrogen and oxygen atoms in total. The molecule has 1 saturated heterocycles. The zero-order valence-electron chi connectivity index (χ0n) is 14.6. The summed E-state index contributed by atoms with van der Waals surface area (Å²) in [6.45, 7) is 5.25. The normalized spacial score (nSPS) is 16.9. The molecule has 0 aliphatic carbocycles. The molecule has 3 heterocycles. The maximum atomic E-state index is 5.75. The Kier molecular flexibility index (Phi) is 5.98. The summed E-state index contributed by atoms with van der Waals surface area (Å²) in [6, 6.07) is 10.3. The first-order chi connectivity index (χ1) is 12.3. The summed E-state index contributed by atoms with van der Waals surface area (Å²) in [7, 11) is 0. The second-order valence-electron chi connectivity index (χ2n) is 6.22. The number of halogens is 1. The van der Waals surface area contributed by atoms with Crippen molar-refractivity contribution in [1.82, 2.24) is 20.3 Å². The monoisotopic (exact) mass is 371 g/mol. The Morgan fingerprint density at radius 2 is 2.00 bits per heavy atom. The number of hydrogen-bond acceptors (Lipinski definition) is 6. The van der Waals surface area contributed by atoms with Crippen LogP contribution < -0.4 is 10.6 Å². The van der Waals surface area contributed by atoms with Gasteiger partial charge in [-0.2, -0.15) is 0 Å². The lowest BCUT2D eigenvalue weighted by atomic mass is 10.1. The van der Waals surface area contributed by atoms with Crippen LogP contribution in [0.25, 0.3) is 22.3 Å². The van der Waals surface area contributed by atoms with Crippen molar-refractivity contribution in [3.05, 3.63) is 48.3 Å². The number of anilines is 1. The van der Waals surface area contributed by atoms with E-state index in [0.717, 1.165) is 47.8 Å². The fourth-order valence-corrected chi connectivity index (χ4v) is 2.93. The molecule has 4 rings (SSSR count). The molecule has 1 atom stereocenters. The number of rotatable bonds is 4. The molecular formula is C19H22ClN5O. The fraction of sp³-hybridized carbons (Fsp3) is 0.316. The van der Waals surface area contributed by atoms with Crippen molar-refractivity contribution in [3.8, 4) is 11.3 Å². The number of nitrogens with zero attached hydrogens (tertiary/aromatic N) is 3. The highest BCUT2D eigenvalue weighted by Crippen LogP contribution is 2.25. The van der Waals surface area contributed by atoms with E-state index in [4.69, 9.17) is 9.72 Å². The molecule has 0 amide bonds. The molecule has 0 unspecified atom stereocenters. The van der Waals surface area contributed by atoms with Crippen LogP contribution in [0.4, 0.5) is 5.82 Å². The topological polar surface area (TPSA) is 72.0 Å². The summed E-state index contributed by atoms with van der Waals surface area (Å²) in [5.41, 5.74) is 4.79. The van der Waals surface area contributed by atoms with Crippen LogP contribution in [0.15, 0.2) is 42.7 Å². The summed E-state index contributed by atoms with van der Waals surface area (Å²) in [6.07, 6.45) is 3.53. The van der Waals surface area contributed by atoms with Gasteiger partial charge in [-0.1, -0.05) is 29.8 Å². The number of hydrogen-bond donors (Lipinski definition) is 2. The SMILES string of the molecule is Cc1ccc(-c2cc3nccnc3c(NC[C@H]3CNCCO3)n2)cc1.Cl. The van der Waals surface area contributed by atoms with Crippen molar-refractivity contribution >= 4 is 29.3 Å². The smallest absolute Gasteiger partial charge is 0.154 e. The minimum absolute atomic E-state index is 0. The van der Waals surface area contributed by atoms with Gasteiger partial charge in [0.15, 0.2) is 5.82 Å². The lowest BCUT2D eigenvalue weighted by molar-refractivity contribution is 0.0372. The second kappa shape index (κ2) is 8.40. The Morgan fingerprint density at radius 3 is 2.77 bits per heavy atom. The second-order valence-corrected chi connectivity index (χ2v) is 6.22. The Hall–Kier alpha value is -2.28. The van der Waals surface area contributed by atoms with Crippen LogP contribution in [0.3, 0.4) is 0 Å². The maximum absolute atomic E-state index is 5.75. The molecule has 2 N–H and O–H groups in total. The molecule has 0 radical (unpaired) electrons. The van der Waals surface area contributed by atoms with E-state index >= 15 is 0 Å². The van der Waals surface area contributed by atoms with E-state index in [0.29, 0.717) is 6.54 Å². The summed E-state index contributed by atoms with van der Waals surface area (Å²) in [4.78, 5) is 13.7. The van der Waals surface area contributed by atoms with Gasteiger partial charge < -0.3 is 15.4 Å². The Bertz CT molecular complexity index is 865. The molecular weight excluding hydrogens is 350 g/mol. The lowest BCUT2D eigenvalue weighted by Crippen LogP contribution is -2.42. The Morgan fingerprint density at radius 1 is 1.19 bits per heavy atom. The van der Waals surface area contributed by atoms with Crippen LogP contribution in [0, 0.1) is 6.92 Å². The first-order valence-corrected chi connectivity index (χ1v) is 8.54. The highest BCUT2D eigenvalue weighted by atomic mass is 35.5. The highest BCUT2D eigenvalue weighted by molar-refractivity contribution is 5.88. The molecule has 3 aromatic rings. The van der Waals surface area contributed by atoms with E-state index in [1.54, 1.807) is 12.4 Å². The average Bonchev–Trinajstić information content (AvgIpc) is 2.67. The maximum Gasteiger partial charge on any atom is 0.154 e. The number of nitrogens with one attached hydrogen (secondary N) is 2. The van der Waals surface area contributed by atoms with Crippen molar-refractivity contribution < 1.29 is 4.74 Å². The predicted octanol–water partition coefficient (Wildman–Crippen LogP) is 2.82. The van der Waals surface area contributed by atoms with Crippen molar-refractivity contribution in [3.63, 3.8) is 0 Å². The largest absolute Gasteiger partial charge is 0.374 e. The predicted molar refractivity (Wildman–Crippen MR) is 106 cm³/mol. The molecule has 0 saturated carbocycles. The van der Waals surface area contributed by atoms with Crippen LogP contribution in [-0.2, 0) is 4.74 Å². The molecule has 1 aliphatic heterocycles. The van der Waals surface area contributed by atoms with Gasteiger partial charge in [0.1, 0.15) is 5.52 Å². The van der Waals surface area contributed by atoms with E-state index in [2.05, 4.69) is 51.8 Å². The third-order valence-electron chi connectivity index (χ3n) is 4.31. The van der Waals surface area contributed by atoms with E-state index < -0.39 is 0 Å². The quantitative estimate of drug-likeness (QED) is 0.734. The standard InChI is InChI=1S/C19H21N5O.ClH/c1-13-2-4-14(5-3-13)16-10-17-18(22-7-6-21-17)19(24-16)23-12-15-11-20-8-9-25-15;/h2-7,10,15,20H,8-9,11-12H2,1H3,(H,23,24);1H/t15-;/m1./s1. The number of fused-ring (bicyclic) bond motifs is 1. The summed E-state index contributed by atoms with van der Waals surface area (Å²) in [5.74, 6) is 0.746. The van der Waals surface area contributed by atoms with Crippen LogP contribution in [0.1, 0.15) is 5.56 Å². The van der Waals surface area contributed by atoms with Crippen molar-refractivity contribution in [1.29, 1.82) is 0 Å². The van der Waals surface area contributed by atoms with Gasteiger partial charge in [0, 0.05) is 37.6 Å². The number of aromatic nitrogens is 3. The van der Waals surface area contributed by atoms with Crippen molar-refractivity contribution in [2.45, 2.75) is 13.0 Å². The Labute approximate surface area is 158 Å². The number of ether oxygens (including phenoxy) is 1. The molecule has 1 aromatic carbocycles. The van der Waals surface area contributed by atoms with Crippen molar-refractivity contribution in [2.75, 3.05) is 31.6 Å². The van der Waals surface area contributed by atoms with E-state index in [1.807, 2.05) is 6.07 Å². The van der Waals surface area contributed by atoms with Gasteiger partial charge in [0.25, 0.3) is 0 Å². The third-order valence-corrected chi connectivity index (χ3v) is 4.31. The van der Waals surface area contributed by atoms with Gasteiger partial charge in [-0.05, 0) is 13.0 Å². The minimum Gasteiger partial charge on any atom is -0.374 e. The van der Waals surface area contributed by atoms with Gasteiger partial charge in [-0.25, -0.2) is 9.97 Å². The molecule has 136 valence electrons. The molecule has 2 aromatic heterocycles. The number of aryl methyl sites for hydroxylation is 1. The summed E-state index contributed by atoms with van der Waals surface area (Å²) >= 11 is 0. The fourth-order valence-electron chi connectivity index (χ4n) is 2.93. The van der Waals surface area contributed by atoms with Gasteiger partial charge >= 0.3 is 0 Å². The number of morpholine rings is 1. The van der Waals surface area contributed by atoms with Gasteiger partial charge in [0.05, 0.1) is 23.9 Å². The number of benzene rings is 1. The van der Waals surface area contributed by atoms with E-state index in [1.165, 1.54) is 5.56 Å². The number of pyridine rings is 1. The molecule has 7 heteroatoms. The summed E-state index contributed by atoms with van der Waals surface area (Å²) < 4.78 is 5.75. The van der Waals surface area contributed by atoms with Gasteiger partial charge in [0.2, 0.25) is 0 Å². The molecule has 0 spiro atoms. The lowest BCUT2D eigenvalue weighted by Gasteiger charge is -2.24. The van der Waals surface area contributed by atoms with Gasteiger partial charge in [-0.15, -0.1) is 12.4 Å². The van der Waals surface area contributed by atoms with Crippen LogP contribution >= 0.6 is 12.4 Å².